The average Bonchev–Trinajstić information content (AvgIpc) is 2.46. The van der Waals surface area contributed by atoms with Gasteiger partial charge in [0, 0.05) is 17.3 Å². The van der Waals surface area contributed by atoms with Crippen molar-refractivity contribution in [3.05, 3.63) is 23.8 Å². The summed E-state index contributed by atoms with van der Waals surface area (Å²) in [6.07, 6.45) is 4.24. The molecule has 24 heavy (non-hydrogen) atoms. The summed E-state index contributed by atoms with van der Waals surface area (Å²) >= 11 is 0. The molecule has 0 aromatic carbocycles. The van der Waals surface area contributed by atoms with Crippen LogP contribution in [0.1, 0.15) is 99.5 Å². The average molecular weight is 333 g/mol. The van der Waals surface area contributed by atoms with E-state index in [4.69, 9.17) is 4.98 Å². The minimum Gasteiger partial charge on any atom is -0.241 e. The van der Waals surface area contributed by atoms with E-state index >= 15 is 0 Å². The molecule has 0 saturated carbocycles. The van der Waals surface area contributed by atoms with Crippen LogP contribution in [0, 0.1) is 23.2 Å². The van der Waals surface area contributed by atoms with E-state index in [0.29, 0.717) is 29.1 Å². The molecule has 0 saturated heterocycles. The molecule has 0 radical (unpaired) electrons. The minimum atomic E-state index is 0.0208. The van der Waals surface area contributed by atoms with Crippen LogP contribution in [-0.4, -0.2) is 9.97 Å². The predicted molar refractivity (Wildman–Crippen MR) is 105 cm³/mol. The molecule has 2 heteroatoms. The quantitative estimate of drug-likeness (QED) is 0.535. The van der Waals surface area contributed by atoms with Crippen molar-refractivity contribution < 1.29 is 0 Å². The summed E-state index contributed by atoms with van der Waals surface area (Å²) in [5.41, 5.74) is 1.54. The van der Waals surface area contributed by atoms with E-state index in [0.717, 1.165) is 18.7 Å². The van der Waals surface area contributed by atoms with Crippen molar-refractivity contribution >= 4 is 0 Å². The van der Waals surface area contributed by atoms with Crippen LogP contribution in [0.5, 0.6) is 0 Å². The molecule has 138 valence electrons. The molecule has 0 aliphatic carbocycles. The number of aromatic nitrogens is 2. The van der Waals surface area contributed by atoms with Gasteiger partial charge in [0.15, 0.2) is 0 Å². The van der Waals surface area contributed by atoms with Gasteiger partial charge in [-0.3, -0.25) is 0 Å². The molecule has 0 bridgehead atoms. The van der Waals surface area contributed by atoms with Crippen LogP contribution >= 0.6 is 0 Å². The van der Waals surface area contributed by atoms with E-state index in [1.54, 1.807) is 0 Å². The molecule has 0 aliphatic heterocycles. The normalized spacial score (nSPS) is 15.8. The summed E-state index contributed by atoms with van der Waals surface area (Å²) in [6.45, 7) is 23.2. The van der Waals surface area contributed by atoms with Gasteiger partial charge in [0.05, 0.1) is 0 Å². The van der Waals surface area contributed by atoms with Crippen molar-refractivity contribution in [1.82, 2.24) is 9.97 Å². The molecule has 0 N–H and O–H groups in total. The standard InChI is InChI=1S/C22H40N2/c1-15(2)17(5)13-22(9,10)20-23-12-11-19(24-20)18(6)14-21(7,8)16(3)4/h11-12,15-18H,13-14H2,1-10H3. The number of nitrogens with zero attached hydrogens (tertiary/aromatic N) is 2. The topological polar surface area (TPSA) is 25.8 Å². The molecule has 0 amide bonds. The summed E-state index contributed by atoms with van der Waals surface area (Å²) in [6, 6.07) is 2.10. The first-order chi connectivity index (χ1) is 10.9. The van der Waals surface area contributed by atoms with Crippen molar-refractivity contribution in [3.63, 3.8) is 0 Å². The molecule has 2 unspecified atom stereocenters. The highest BCUT2D eigenvalue weighted by molar-refractivity contribution is 5.13. The lowest BCUT2D eigenvalue weighted by Gasteiger charge is -2.32. The second kappa shape index (κ2) is 7.97. The third-order valence-electron chi connectivity index (χ3n) is 6.15. The Hall–Kier alpha value is -0.920. The van der Waals surface area contributed by atoms with Crippen molar-refractivity contribution in [2.45, 2.75) is 93.4 Å². The van der Waals surface area contributed by atoms with Crippen molar-refractivity contribution in [3.8, 4) is 0 Å². The molecule has 1 rings (SSSR count). The Labute approximate surface area is 150 Å². The van der Waals surface area contributed by atoms with Gasteiger partial charge in [-0.15, -0.1) is 0 Å². The van der Waals surface area contributed by atoms with E-state index in [1.807, 2.05) is 6.20 Å². The Balaban J connectivity index is 2.97. The van der Waals surface area contributed by atoms with E-state index < -0.39 is 0 Å². The van der Waals surface area contributed by atoms with Crippen LogP contribution in [0.4, 0.5) is 0 Å². The Kier molecular flexibility index (Phi) is 7.02. The third kappa shape index (κ3) is 5.57. The van der Waals surface area contributed by atoms with Gasteiger partial charge in [-0.05, 0) is 48.0 Å². The lowest BCUT2D eigenvalue weighted by molar-refractivity contribution is 0.213. The number of hydrogen-bond acceptors (Lipinski definition) is 2. The minimum absolute atomic E-state index is 0.0208. The summed E-state index contributed by atoms with van der Waals surface area (Å²) in [5, 5.41) is 0. The number of hydrogen-bond donors (Lipinski definition) is 0. The van der Waals surface area contributed by atoms with Crippen LogP contribution in [0.3, 0.4) is 0 Å². The van der Waals surface area contributed by atoms with Gasteiger partial charge >= 0.3 is 0 Å². The summed E-state index contributed by atoms with van der Waals surface area (Å²) in [7, 11) is 0. The van der Waals surface area contributed by atoms with Crippen LogP contribution < -0.4 is 0 Å². The van der Waals surface area contributed by atoms with E-state index in [2.05, 4.69) is 80.3 Å². The molecule has 0 aliphatic rings. The van der Waals surface area contributed by atoms with Crippen LogP contribution in [0.25, 0.3) is 0 Å². The summed E-state index contributed by atoms with van der Waals surface area (Å²) in [4.78, 5) is 9.62. The monoisotopic (exact) mass is 332 g/mol. The first kappa shape index (κ1) is 21.1. The highest BCUT2D eigenvalue weighted by atomic mass is 14.9. The van der Waals surface area contributed by atoms with Gasteiger partial charge in [-0.1, -0.05) is 69.2 Å². The second-order valence-electron chi connectivity index (χ2n) is 9.86. The summed E-state index contributed by atoms with van der Waals surface area (Å²) < 4.78 is 0. The maximum absolute atomic E-state index is 4.99. The zero-order valence-corrected chi connectivity index (χ0v) is 17.8. The van der Waals surface area contributed by atoms with Gasteiger partial charge in [0.25, 0.3) is 0 Å². The molecule has 0 fully saturated rings. The maximum atomic E-state index is 4.99. The fraction of sp³-hybridized carbons (Fsp3) is 0.818. The Morgan fingerprint density at radius 2 is 1.50 bits per heavy atom. The fourth-order valence-corrected chi connectivity index (χ4v) is 3.23. The first-order valence-electron chi connectivity index (χ1n) is 9.70. The highest BCUT2D eigenvalue weighted by Gasteiger charge is 2.29. The van der Waals surface area contributed by atoms with Crippen LogP contribution in [0.2, 0.25) is 0 Å². The molecule has 2 atom stereocenters. The van der Waals surface area contributed by atoms with Crippen LogP contribution in [-0.2, 0) is 5.41 Å². The predicted octanol–water partition coefficient (Wildman–Crippen LogP) is 6.61. The molecule has 1 heterocycles. The smallest absolute Gasteiger partial charge is 0.134 e. The molecular weight excluding hydrogens is 292 g/mol. The van der Waals surface area contributed by atoms with Crippen molar-refractivity contribution in [2.75, 3.05) is 0 Å². The van der Waals surface area contributed by atoms with Gasteiger partial charge in [0.2, 0.25) is 0 Å². The van der Waals surface area contributed by atoms with Crippen LogP contribution in [0.15, 0.2) is 12.3 Å². The largest absolute Gasteiger partial charge is 0.241 e. The summed E-state index contributed by atoms with van der Waals surface area (Å²) in [5.74, 6) is 3.50. The maximum Gasteiger partial charge on any atom is 0.134 e. The Bertz CT molecular complexity index is 514. The molecule has 1 aromatic heterocycles. The highest BCUT2D eigenvalue weighted by Crippen LogP contribution is 2.37. The molecule has 0 spiro atoms. The second-order valence-corrected chi connectivity index (χ2v) is 9.86. The van der Waals surface area contributed by atoms with Gasteiger partial charge < -0.3 is 0 Å². The van der Waals surface area contributed by atoms with Crippen molar-refractivity contribution in [1.29, 1.82) is 0 Å². The van der Waals surface area contributed by atoms with Gasteiger partial charge in [0.1, 0.15) is 5.82 Å². The Morgan fingerprint density at radius 1 is 0.917 bits per heavy atom. The first-order valence-corrected chi connectivity index (χ1v) is 9.70. The number of rotatable bonds is 8. The SMILES string of the molecule is CC(CC(C)(C)C(C)C)c1ccnc(C(C)(C)CC(C)C(C)C)n1. The Morgan fingerprint density at radius 3 is 2.00 bits per heavy atom. The lowest BCUT2D eigenvalue weighted by atomic mass is 9.74. The lowest BCUT2D eigenvalue weighted by Crippen LogP contribution is -2.26. The third-order valence-corrected chi connectivity index (χ3v) is 6.15. The van der Waals surface area contributed by atoms with Gasteiger partial charge in [-0.25, -0.2) is 9.97 Å². The molecular formula is C22H40N2. The van der Waals surface area contributed by atoms with Gasteiger partial charge in [-0.2, -0.15) is 0 Å². The molecule has 1 aromatic rings. The fourth-order valence-electron chi connectivity index (χ4n) is 3.23. The zero-order valence-electron chi connectivity index (χ0n) is 17.8. The zero-order chi connectivity index (χ0) is 18.7. The van der Waals surface area contributed by atoms with E-state index in [-0.39, 0.29) is 5.41 Å². The molecule has 2 nitrogen and oxygen atoms in total. The van der Waals surface area contributed by atoms with E-state index in [9.17, 15) is 0 Å². The van der Waals surface area contributed by atoms with Crippen molar-refractivity contribution in [2.24, 2.45) is 23.2 Å². The van der Waals surface area contributed by atoms with E-state index in [1.165, 1.54) is 5.69 Å².